The smallest absolute Gasteiger partial charge is 0.272 e. The van der Waals surface area contributed by atoms with E-state index in [0.29, 0.717) is 5.82 Å². The number of rotatable bonds is 2. The lowest BCUT2D eigenvalue weighted by Gasteiger charge is -2.11. The number of hydrogen-bond acceptors (Lipinski definition) is 3. The molecule has 0 unspecified atom stereocenters. The highest BCUT2D eigenvalue weighted by atomic mass is 16.1. The monoisotopic (exact) mass is 215 g/mol. The Labute approximate surface area is 93.5 Å². The Morgan fingerprint density at radius 1 is 1.19 bits per heavy atom. The minimum atomic E-state index is -0.103. The first kappa shape index (κ1) is 10.4. The van der Waals surface area contributed by atoms with Crippen molar-refractivity contribution in [2.75, 3.05) is 5.43 Å². The molecule has 1 heterocycles. The van der Waals surface area contributed by atoms with Crippen LogP contribution in [0.4, 0.5) is 5.69 Å². The van der Waals surface area contributed by atoms with Gasteiger partial charge in [0.25, 0.3) is 5.56 Å². The maximum atomic E-state index is 11.7. The summed E-state index contributed by atoms with van der Waals surface area (Å²) in [4.78, 5) is 16.0. The molecule has 82 valence electrons. The first-order valence-corrected chi connectivity index (χ1v) is 5.06. The predicted molar refractivity (Wildman–Crippen MR) is 63.4 cm³/mol. The van der Waals surface area contributed by atoms with Crippen molar-refractivity contribution in [3.05, 3.63) is 58.3 Å². The maximum Gasteiger partial charge on any atom is 0.272 e. The van der Waals surface area contributed by atoms with Crippen molar-refractivity contribution in [3.63, 3.8) is 0 Å². The van der Waals surface area contributed by atoms with Gasteiger partial charge >= 0.3 is 0 Å². The fraction of sp³-hybridized carbons (Fsp3) is 0.167. The summed E-state index contributed by atoms with van der Waals surface area (Å²) in [5.74, 6) is 0.647. The topological polar surface area (TPSA) is 46.9 Å². The third kappa shape index (κ3) is 2.11. The number of nitrogens with one attached hydrogen (secondary N) is 1. The third-order valence-electron chi connectivity index (χ3n) is 2.23. The van der Waals surface area contributed by atoms with Gasteiger partial charge in [0.15, 0.2) is 0 Å². The number of para-hydroxylation sites is 1. The average molecular weight is 215 g/mol. The van der Waals surface area contributed by atoms with Gasteiger partial charge in [-0.15, -0.1) is 0 Å². The lowest BCUT2D eigenvalue weighted by molar-refractivity contribution is 0.795. The number of hydrogen-bond donors (Lipinski definition) is 1. The quantitative estimate of drug-likeness (QED) is 0.830. The second kappa shape index (κ2) is 4.18. The molecule has 4 nitrogen and oxygen atoms in total. The lowest BCUT2D eigenvalue weighted by Crippen LogP contribution is -2.29. The first-order chi connectivity index (χ1) is 7.66. The molecule has 0 saturated carbocycles. The molecular formula is C12H13N3O. The third-order valence-corrected chi connectivity index (χ3v) is 2.23. The predicted octanol–water partition coefficient (Wildman–Crippen LogP) is 1.74. The highest BCUT2D eigenvalue weighted by molar-refractivity contribution is 5.42. The molecule has 0 spiro atoms. The fourth-order valence-corrected chi connectivity index (χ4v) is 1.52. The zero-order valence-corrected chi connectivity index (χ0v) is 9.27. The summed E-state index contributed by atoms with van der Waals surface area (Å²) >= 11 is 0. The summed E-state index contributed by atoms with van der Waals surface area (Å²) in [6.07, 6.45) is 0. The van der Waals surface area contributed by atoms with Crippen LogP contribution >= 0.6 is 0 Å². The Balaban J connectivity index is 2.39. The second-order valence-electron chi connectivity index (χ2n) is 3.60. The molecule has 0 aliphatic rings. The molecule has 0 atom stereocenters. The SMILES string of the molecule is Cc1cc(=O)n(Nc2ccccc2)c(C)n1. The molecule has 0 radical (unpaired) electrons. The van der Waals surface area contributed by atoms with Crippen molar-refractivity contribution in [2.24, 2.45) is 0 Å². The van der Waals surface area contributed by atoms with Crippen molar-refractivity contribution in [3.8, 4) is 0 Å². The summed E-state index contributed by atoms with van der Waals surface area (Å²) in [6, 6.07) is 11.0. The standard InChI is InChI=1S/C12H13N3O/c1-9-8-12(16)15(10(2)13-9)14-11-6-4-3-5-7-11/h3-8,14H,1-2H3. The Morgan fingerprint density at radius 2 is 1.88 bits per heavy atom. The summed E-state index contributed by atoms with van der Waals surface area (Å²) in [7, 11) is 0. The number of benzene rings is 1. The molecule has 1 aromatic carbocycles. The van der Waals surface area contributed by atoms with Crippen LogP contribution < -0.4 is 11.0 Å². The van der Waals surface area contributed by atoms with Gasteiger partial charge in [-0.3, -0.25) is 10.2 Å². The van der Waals surface area contributed by atoms with Crippen molar-refractivity contribution in [1.82, 2.24) is 9.66 Å². The van der Waals surface area contributed by atoms with Crippen LogP contribution in [0.25, 0.3) is 0 Å². The van der Waals surface area contributed by atoms with E-state index in [2.05, 4.69) is 10.4 Å². The van der Waals surface area contributed by atoms with Crippen LogP contribution in [0.15, 0.2) is 41.2 Å². The molecule has 1 N–H and O–H groups in total. The minimum absolute atomic E-state index is 0.103. The second-order valence-corrected chi connectivity index (χ2v) is 3.60. The van der Waals surface area contributed by atoms with Crippen LogP contribution in [0.3, 0.4) is 0 Å². The Kier molecular flexibility index (Phi) is 2.72. The minimum Gasteiger partial charge on any atom is -0.290 e. The molecule has 0 aliphatic heterocycles. The van der Waals surface area contributed by atoms with Crippen LogP contribution in [0.5, 0.6) is 0 Å². The number of nitrogens with zero attached hydrogens (tertiary/aromatic N) is 2. The largest absolute Gasteiger partial charge is 0.290 e. The van der Waals surface area contributed by atoms with Gasteiger partial charge in [0.1, 0.15) is 5.82 Å². The van der Waals surface area contributed by atoms with Crippen LogP contribution in [-0.2, 0) is 0 Å². The van der Waals surface area contributed by atoms with Gasteiger partial charge in [-0.1, -0.05) is 18.2 Å². The van der Waals surface area contributed by atoms with Crippen LogP contribution in [0, 0.1) is 13.8 Å². The summed E-state index contributed by atoms with van der Waals surface area (Å²) in [6.45, 7) is 3.60. The van der Waals surface area contributed by atoms with E-state index in [1.165, 1.54) is 10.7 Å². The zero-order valence-electron chi connectivity index (χ0n) is 9.27. The molecule has 16 heavy (non-hydrogen) atoms. The molecular weight excluding hydrogens is 202 g/mol. The number of aryl methyl sites for hydroxylation is 2. The van der Waals surface area contributed by atoms with Crippen LogP contribution in [0.1, 0.15) is 11.5 Å². The molecule has 0 aliphatic carbocycles. The van der Waals surface area contributed by atoms with Gasteiger partial charge < -0.3 is 0 Å². The van der Waals surface area contributed by atoms with Gasteiger partial charge in [-0.05, 0) is 26.0 Å². The molecule has 0 bridgehead atoms. The van der Waals surface area contributed by atoms with E-state index in [0.717, 1.165) is 11.4 Å². The average Bonchev–Trinajstić information content (AvgIpc) is 2.25. The first-order valence-electron chi connectivity index (χ1n) is 5.06. The normalized spacial score (nSPS) is 10.1. The van der Waals surface area contributed by atoms with Crippen LogP contribution in [-0.4, -0.2) is 9.66 Å². The van der Waals surface area contributed by atoms with Crippen molar-refractivity contribution >= 4 is 5.69 Å². The molecule has 0 fully saturated rings. The van der Waals surface area contributed by atoms with E-state index in [-0.39, 0.29) is 5.56 Å². The fourth-order valence-electron chi connectivity index (χ4n) is 1.52. The van der Waals surface area contributed by atoms with Crippen LogP contribution in [0.2, 0.25) is 0 Å². The Bertz CT molecular complexity index is 546. The highest BCUT2D eigenvalue weighted by Gasteiger charge is 2.02. The van der Waals surface area contributed by atoms with E-state index in [1.54, 1.807) is 13.8 Å². The zero-order chi connectivity index (χ0) is 11.5. The van der Waals surface area contributed by atoms with E-state index in [9.17, 15) is 4.79 Å². The van der Waals surface area contributed by atoms with Crippen molar-refractivity contribution in [1.29, 1.82) is 0 Å². The maximum absolute atomic E-state index is 11.7. The Morgan fingerprint density at radius 3 is 2.50 bits per heavy atom. The van der Waals surface area contributed by atoms with Crippen molar-refractivity contribution < 1.29 is 0 Å². The van der Waals surface area contributed by atoms with Gasteiger partial charge in [-0.25, -0.2) is 9.66 Å². The van der Waals surface area contributed by atoms with Gasteiger partial charge in [0.05, 0.1) is 5.69 Å². The van der Waals surface area contributed by atoms with Crippen molar-refractivity contribution in [2.45, 2.75) is 13.8 Å². The summed E-state index contributed by atoms with van der Waals surface area (Å²) < 4.78 is 1.43. The number of anilines is 1. The molecule has 4 heteroatoms. The molecule has 2 aromatic rings. The Hall–Kier alpha value is -2.10. The number of aromatic nitrogens is 2. The lowest BCUT2D eigenvalue weighted by atomic mass is 10.3. The summed E-state index contributed by atoms with van der Waals surface area (Å²) in [5, 5.41) is 0. The van der Waals surface area contributed by atoms with E-state index < -0.39 is 0 Å². The van der Waals surface area contributed by atoms with Gasteiger partial charge in [-0.2, -0.15) is 0 Å². The van der Waals surface area contributed by atoms with Gasteiger partial charge in [0, 0.05) is 11.8 Å². The van der Waals surface area contributed by atoms with Gasteiger partial charge in [0.2, 0.25) is 0 Å². The highest BCUT2D eigenvalue weighted by Crippen LogP contribution is 2.05. The molecule has 0 saturated heterocycles. The molecule has 2 rings (SSSR count). The summed E-state index contributed by atoms with van der Waals surface area (Å²) in [5.41, 5.74) is 4.50. The van der Waals surface area contributed by atoms with E-state index in [4.69, 9.17) is 0 Å². The van der Waals surface area contributed by atoms with E-state index >= 15 is 0 Å². The van der Waals surface area contributed by atoms with E-state index in [1.807, 2.05) is 30.3 Å². The molecule has 0 amide bonds. The molecule has 1 aromatic heterocycles.